The number of rotatable bonds is 4. The summed E-state index contributed by atoms with van der Waals surface area (Å²) >= 11 is 1.88. The van der Waals surface area contributed by atoms with E-state index >= 15 is 0 Å². The fraction of sp³-hybridized carbons (Fsp3) is 0.455. The highest BCUT2D eigenvalue weighted by atomic mass is 32.2. The van der Waals surface area contributed by atoms with Crippen LogP contribution in [0.25, 0.3) is 0 Å². The highest BCUT2D eigenvalue weighted by Crippen LogP contribution is 2.47. The second-order valence-electron chi connectivity index (χ2n) is 3.93. The molecule has 0 aromatic carbocycles. The number of thioether (sulfide) groups is 1. The van der Waals surface area contributed by atoms with Crippen molar-refractivity contribution in [2.45, 2.75) is 17.6 Å². The third-order valence-electron chi connectivity index (χ3n) is 2.70. The normalized spacial score (nSPS) is 18.2. The maximum Gasteiger partial charge on any atom is 0.194 e. The lowest BCUT2D eigenvalue weighted by Gasteiger charge is -2.09. The Balaban J connectivity index is 1.88. The maximum absolute atomic E-state index is 5.79. The Labute approximate surface area is 99.7 Å². The first kappa shape index (κ1) is 11.3. The number of anilines is 1. The zero-order chi connectivity index (χ0) is 11.4. The largest absolute Gasteiger partial charge is 0.370 e. The molecule has 0 spiro atoms. The van der Waals surface area contributed by atoms with E-state index in [1.165, 1.54) is 12.8 Å². The molecule has 0 radical (unpaired) electrons. The summed E-state index contributed by atoms with van der Waals surface area (Å²) in [6.07, 6.45) is 6.34. The van der Waals surface area contributed by atoms with Crippen LogP contribution in [0, 0.1) is 0 Å². The Morgan fingerprint density at radius 3 is 3.00 bits per heavy atom. The van der Waals surface area contributed by atoms with Crippen molar-refractivity contribution in [2.24, 2.45) is 10.7 Å². The number of aromatic nitrogens is 1. The lowest BCUT2D eigenvalue weighted by Crippen LogP contribution is -2.25. The van der Waals surface area contributed by atoms with Gasteiger partial charge in [0.1, 0.15) is 5.82 Å². The van der Waals surface area contributed by atoms with Crippen LogP contribution in [-0.4, -0.2) is 28.5 Å². The van der Waals surface area contributed by atoms with Gasteiger partial charge in [0.25, 0.3) is 0 Å². The Kier molecular flexibility index (Phi) is 3.33. The van der Waals surface area contributed by atoms with Gasteiger partial charge in [0.05, 0.1) is 6.54 Å². The van der Waals surface area contributed by atoms with E-state index in [1.54, 1.807) is 6.20 Å². The molecule has 1 aliphatic rings. The molecule has 0 unspecified atom stereocenters. The van der Waals surface area contributed by atoms with E-state index in [-0.39, 0.29) is 0 Å². The topological polar surface area (TPSA) is 63.3 Å². The lowest BCUT2D eigenvalue weighted by atomic mass is 10.4. The van der Waals surface area contributed by atoms with E-state index in [1.807, 2.05) is 30.0 Å². The van der Waals surface area contributed by atoms with Crippen molar-refractivity contribution in [1.82, 2.24) is 4.98 Å². The molecule has 0 amide bonds. The number of hydrogen-bond acceptors (Lipinski definition) is 3. The van der Waals surface area contributed by atoms with Crippen molar-refractivity contribution >= 4 is 23.5 Å². The van der Waals surface area contributed by atoms with Crippen molar-refractivity contribution in [3.05, 3.63) is 24.4 Å². The molecule has 0 atom stereocenters. The predicted molar refractivity (Wildman–Crippen MR) is 69.8 cm³/mol. The first-order chi connectivity index (χ1) is 7.74. The molecule has 5 heteroatoms. The number of hydrogen-bond donors (Lipinski definition) is 2. The minimum atomic E-state index is 0.358. The predicted octanol–water partition coefficient (Wildman–Crippen LogP) is 1.70. The Hall–Kier alpha value is -1.23. The van der Waals surface area contributed by atoms with Crippen LogP contribution in [-0.2, 0) is 0 Å². The summed E-state index contributed by atoms with van der Waals surface area (Å²) < 4.78 is 0.358. The van der Waals surface area contributed by atoms with E-state index in [0.29, 0.717) is 10.7 Å². The summed E-state index contributed by atoms with van der Waals surface area (Å²) in [4.78, 5) is 8.47. The summed E-state index contributed by atoms with van der Waals surface area (Å²) in [6.45, 7) is 0.792. The SMILES string of the molecule is CSC1(CN=C(N)Nc2ccccn2)CC1. The monoisotopic (exact) mass is 236 g/mol. The molecule has 1 fully saturated rings. The molecule has 1 aliphatic carbocycles. The van der Waals surface area contributed by atoms with Gasteiger partial charge in [-0.05, 0) is 31.2 Å². The summed E-state index contributed by atoms with van der Waals surface area (Å²) in [5.41, 5.74) is 5.79. The van der Waals surface area contributed by atoms with Crippen LogP contribution in [0.5, 0.6) is 0 Å². The standard InChI is InChI=1S/C11H16N4S/c1-16-11(5-6-11)8-14-10(12)15-9-4-2-3-7-13-9/h2-4,7H,5-6,8H2,1H3,(H3,12,13,14,15). The Bertz CT molecular complexity index is 373. The third kappa shape index (κ3) is 2.88. The minimum absolute atomic E-state index is 0.358. The van der Waals surface area contributed by atoms with Gasteiger partial charge in [-0.15, -0.1) is 0 Å². The summed E-state index contributed by atoms with van der Waals surface area (Å²) in [6, 6.07) is 5.64. The quantitative estimate of drug-likeness (QED) is 0.617. The van der Waals surface area contributed by atoms with Gasteiger partial charge in [0, 0.05) is 10.9 Å². The minimum Gasteiger partial charge on any atom is -0.370 e. The molecule has 0 bridgehead atoms. The second-order valence-corrected chi connectivity index (χ2v) is 5.20. The summed E-state index contributed by atoms with van der Waals surface area (Å²) in [7, 11) is 0. The van der Waals surface area contributed by atoms with E-state index in [0.717, 1.165) is 12.4 Å². The molecule has 1 aromatic rings. The van der Waals surface area contributed by atoms with Gasteiger partial charge >= 0.3 is 0 Å². The number of guanidine groups is 1. The molecule has 16 heavy (non-hydrogen) atoms. The fourth-order valence-electron chi connectivity index (χ4n) is 1.40. The van der Waals surface area contributed by atoms with Crippen LogP contribution in [0.1, 0.15) is 12.8 Å². The average Bonchev–Trinajstić information content (AvgIpc) is 3.09. The van der Waals surface area contributed by atoms with E-state index in [9.17, 15) is 0 Å². The van der Waals surface area contributed by atoms with Crippen LogP contribution in [0.15, 0.2) is 29.4 Å². The Morgan fingerprint density at radius 2 is 2.44 bits per heavy atom. The van der Waals surface area contributed by atoms with Crippen LogP contribution in [0.2, 0.25) is 0 Å². The molecule has 4 nitrogen and oxygen atoms in total. The number of nitrogens with one attached hydrogen (secondary N) is 1. The van der Waals surface area contributed by atoms with Gasteiger partial charge in [-0.25, -0.2) is 4.98 Å². The van der Waals surface area contributed by atoms with Crippen molar-refractivity contribution in [1.29, 1.82) is 0 Å². The third-order valence-corrected chi connectivity index (χ3v) is 4.10. The van der Waals surface area contributed by atoms with E-state index < -0.39 is 0 Å². The molecule has 1 heterocycles. The van der Waals surface area contributed by atoms with Gasteiger partial charge in [-0.3, -0.25) is 4.99 Å². The zero-order valence-electron chi connectivity index (χ0n) is 9.31. The number of nitrogens with two attached hydrogens (primary N) is 1. The number of nitrogens with zero attached hydrogens (tertiary/aromatic N) is 2. The average molecular weight is 236 g/mol. The second kappa shape index (κ2) is 4.74. The fourth-order valence-corrected chi connectivity index (χ4v) is 2.11. The first-order valence-electron chi connectivity index (χ1n) is 5.27. The van der Waals surface area contributed by atoms with E-state index in [4.69, 9.17) is 5.73 Å². The molecular weight excluding hydrogens is 220 g/mol. The van der Waals surface area contributed by atoms with Crippen LogP contribution < -0.4 is 11.1 Å². The molecule has 0 saturated heterocycles. The highest BCUT2D eigenvalue weighted by molar-refractivity contribution is 8.00. The smallest absolute Gasteiger partial charge is 0.194 e. The molecule has 1 aromatic heterocycles. The first-order valence-corrected chi connectivity index (χ1v) is 6.50. The van der Waals surface area contributed by atoms with Gasteiger partial charge in [-0.2, -0.15) is 11.8 Å². The maximum atomic E-state index is 5.79. The van der Waals surface area contributed by atoms with Gasteiger partial charge < -0.3 is 11.1 Å². The lowest BCUT2D eigenvalue weighted by molar-refractivity contribution is 0.901. The van der Waals surface area contributed by atoms with Gasteiger partial charge in [0.15, 0.2) is 5.96 Å². The van der Waals surface area contributed by atoms with Crippen molar-refractivity contribution in [3.63, 3.8) is 0 Å². The van der Waals surface area contributed by atoms with Crippen LogP contribution in [0.4, 0.5) is 5.82 Å². The zero-order valence-corrected chi connectivity index (χ0v) is 10.1. The van der Waals surface area contributed by atoms with E-state index in [2.05, 4.69) is 21.5 Å². The molecular formula is C11H16N4S. The van der Waals surface area contributed by atoms with Gasteiger partial charge in [0.2, 0.25) is 0 Å². The summed E-state index contributed by atoms with van der Waals surface area (Å²) in [5, 5.41) is 2.97. The number of pyridine rings is 1. The molecule has 3 N–H and O–H groups in total. The number of aliphatic imine (C=N–C) groups is 1. The van der Waals surface area contributed by atoms with Crippen LogP contribution >= 0.6 is 11.8 Å². The molecule has 0 aliphatic heterocycles. The van der Waals surface area contributed by atoms with Gasteiger partial charge in [-0.1, -0.05) is 6.07 Å². The Morgan fingerprint density at radius 1 is 1.62 bits per heavy atom. The van der Waals surface area contributed by atoms with Crippen LogP contribution in [0.3, 0.4) is 0 Å². The van der Waals surface area contributed by atoms with Crippen molar-refractivity contribution in [2.75, 3.05) is 18.1 Å². The molecule has 1 saturated carbocycles. The van der Waals surface area contributed by atoms with Crippen molar-refractivity contribution < 1.29 is 0 Å². The molecule has 2 rings (SSSR count). The molecule has 86 valence electrons. The highest BCUT2D eigenvalue weighted by Gasteiger charge is 2.41. The summed E-state index contributed by atoms with van der Waals surface area (Å²) in [5.74, 6) is 1.18. The van der Waals surface area contributed by atoms with Crippen molar-refractivity contribution in [3.8, 4) is 0 Å².